The molecule has 0 spiro atoms. The number of rotatable bonds is 6. The Balaban J connectivity index is 1.10. The van der Waals surface area contributed by atoms with Gasteiger partial charge in [0.2, 0.25) is 0 Å². The summed E-state index contributed by atoms with van der Waals surface area (Å²) in [7, 11) is 0. The van der Waals surface area contributed by atoms with Crippen molar-refractivity contribution in [2.75, 3.05) is 0 Å². The fourth-order valence-corrected chi connectivity index (χ4v) is 7.51. The maximum Gasteiger partial charge on any atom is 0.164 e. The van der Waals surface area contributed by atoms with Crippen molar-refractivity contribution in [1.82, 2.24) is 15.0 Å². The molecule has 7 aromatic carbocycles. The van der Waals surface area contributed by atoms with E-state index in [9.17, 15) is 0 Å². The van der Waals surface area contributed by atoms with Crippen LogP contribution in [0, 0.1) is 0 Å². The second-order valence-electron chi connectivity index (χ2n) is 13.6. The predicted molar refractivity (Wildman–Crippen MR) is 217 cm³/mol. The molecule has 53 heavy (non-hydrogen) atoms. The fraction of sp³-hybridized carbons (Fsp3) is 0.0408. The van der Waals surface area contributed by atoms with Crippen LogP contribution in [-0.2, 0) is 0 Å². The molecule has 1 aliphatic carbocycles. The summed E-state index contributed by atoms with van der Waals surface area (Å²) in [5, 5.41) is 4.48. The molecule has 0 aliphatic heterocycles. The van der Waals surface area contributed by atoms with Crippen LogP contribution in [0.3, 0.4) is 0 Å². The molecular weight excluding hydrogens is 647 g/mol. The Morgan fingerprint density at radius 3 is 1.94 bits per heavy atom. The highest BCUT2D eigenvalue weighted by molar-refractivity contribution is 6.13. The van der Waals surface area contributed by atoms with E-state index in [-0.39, 0.29) is 0 Å². The molecule has 0 saturated carbocycles. The third kappa shape index (κ3) is 5.81. The Morgan fingerprint density at radius 2 is 1.11 bits per heavy atom. The van der Waals surface area contributed by atoms with Crippen LogP contribution in [0.4, 0.5) is 0 Å². The van der Waals surface area contributed by atoms with Gasteiger partial charge in [-0.05, 0) is 75.3 Å². The number of benzene rings is 7. The minimum Gasteiger partial charge on any atom is -0.456 e. The van der Waals surface area contributed by atoms with Crippen molar-refractivity contribution in [3.05, 3.63) is 188 Å². The zero-order valence-corrected chi connectivity index (χ0v) is 28.9. The van der Waals surface area contributed by atoms with Crippen molar-refractivity contribution in [3.63, 3.8) is 0 Å². The zero-order valence-electron chi connectivity index (χ0n) is 28.9. The lowest BCUT2D eigenvalue weighted by Crippen LogP contribution is -2.00. The van der Waals surface area contributed by atoms with Gasteiger partial charge in [0.15, 0.2) is 17.5 Å². The smallest absolute Gasteiger partial charge is 0.164 e. The molecule has 1 unspecified atom stereocenters. The summed E-state index contributed by atoms with van der Waals surface area (Å²) in [6.45, 7) is 0. The summed E-state index contributed by atoms with van der Waals surface area (Å²) in [6, 6.07) is 55.1. The second-order valence-corrected chi connectivity index (χ2v) is 13.6. The molecule has 250 valence electrons. The number of hydrogen-bond acceptors (Lipinski definition) is 4. The molecule has 0 fully saturated rings. The van der Waals surface area contributed by atoms with Gasteiger partial charge in [0.05, 0.1) is 0 Å². The van der Waals surface area contributed by atoms with Gasteiger partial charge < -0.3 is 4.42 Å². The second kappa shape index (κ2) is 13.0. The summed E-state index contributed by atoms with van der Waals surface area (Å²) in [4.78, 5) is 15.3. The minimum atomic E-state index is 0.429. The standard InChI is InChI=1S/C49H33N3O/c1-4-12-32(13-5-1)35-18-10-19-41(30-35)48-50-47(34-16-8-3-9-17-34)51-49(52-48)42-20-11-21-45-46(42)43-31-40(26-27-44(43)53-45)39-25-24-37-28-36(22-23-38(37)29-39)33-14-6-2-7-15-33/h1-14,16-31,33H,15H2. The van der Waals surface area contributed by atoms with E-state index in [2.05, 4.69) is 133 Å². The molecule has 1 atom stereocenters. The van der Waals surface area contributed by atoms with Crippen LogP contribution in [0.5, 0.6) is 0 Å². The lowest BCUT2D eigenvalue weighted by molar-refractivity contribution is 0.669. The first-order valence-corrected chi connectivity index (χ1v) is 18.0. The van der Waals surface area contributed by atoms with Crippen LogP contribution in [0.1, 0.15) is 17.9 Å². The number of fused-ring (bicyclic) bond motifs is 4. The Kier molecular flexibility index (Phi) is 7.58. The van der Waals surface area contributed by atoms with Crippen LogP contribution in [0.15, 0.2) is 186 Å². The fourth-order valence-electron chi connectivity index (χ4n) is 7.51. The van der Waals surface area contributed by atoms with Crippen LogP contribution in [0.2, 0.25) is 0 Å². The topological polar surface area (TPSA) is 51.8 Å². The molecule has 0 saturated heterocycles. The first-order chi connectivity index (χ1) is 26.2. The highest BCUT2D eigenvalue weighted by atomic mass is 16.3. The van der Waals surface area contributed by atoms with Crippen molar-refractivity contribution in [2.24, 2.45) is 0 Å². The quantitative estimate of drug-likeness (QED) is 0.175. The summed E-state index contributed by atoms with van der Waals surface area (Å²) < 4.78 is 6.46. The van der Waals surface area contributed by atoms with Crippen molar-refractivity contribution in [3.8, 4) is 56.4 Å². The van der Waals surface area contributed by atoms with E-state index in [1.54, 1.807) is 0 Å². The van der Waals surface area contributed by atoms with E-state index in [0.717, 1.165) is 67.3 Å². The van der Waals surface area contributed by atoms with Gasteiger partial charge >= 0.3 is 0 Å². The van der Waals surface area contributed by atoms with Crippen molar-refractivity contribution in [2.45, 2.75) is 12.3 Å². The average molecular weight is 680 g/mol. The SMILES string of the molecule is C1=CCC(c2ccc3cc(-c4ccc5oc6cccc(-c7nc(-c8ccccc8)nc(-c8cccc(-c9ccccc9)c8)n7)c6c5c4)ccc3c2)C=C1. The summed E-state index contributed by atoms with van der Waals surface area (Å²) in [5.41, 5.74) is 10.3. The number of nitrogens with zero attached hydrogens (tertiary/aromatic N) is 3. The van der Waals surface area contributed by atoms with E-state index < -0.39 is 0 Å². The van der Waals surface area contributed by atoms with Crippen LogP contribution >= 0.6 is 0 Å². The summed E-state index contributed by atoms with van der Waals surface area (Å²) in [5.74, 6) is 2.27. The van der Waals surface area contributed by atoms with Gasteiger partial charge in [-0.2, -0.15) is 0 Å². The number of aromatic nitrogens is 3. The molecule has 9 aromatic rings. The lowest BCUT2D eigenvalue weighted by atomic mass is 9.90. The van der Waals surface area contributed by atoms with E-state index in [4.69, 9.17) is 19.4 Å². The molecule has 2 heterocycles. The largest absolute Gasteiger partial charge is 0.456 e. The van der Waals surface area contributed by atoms with Crippen LogP contribution < -0.4 is 0 Å². The molecular formula is C49H33N3O. The van der Waals surface area contributed by atoms with E-state index in [1.807, 2.05) is 48.5 Å². The predicted octanol–water partition coefficient (Wildman–Crippen LogP) is 12.9. The molecule has 10 rings (SSSR count). The van der Waals surface area contributed by atoms with Gasteiger partial charge in [-0.15, -0.1) is 0 Å². The molecule has 2 aromatic heterocycles. The number of allylic oxidation sites excluding steroid dienone is 4. The van der Waals surface area contributed by atoms with E-state index >= 15 is 0 Å². The normalized spacial score (nSPS) is 14.0. The molecule has 0 N–H and O–H groups in total. The van der Waals surface area contributed by atoms with E-state index in [0.29, 0.717) is 23.4 Å². The van der Waals surface area contributed by atoms with E-state index in [1.165, 1.54) is 16.3 Å². The van der Waals surface area contributed by atoms with Gasteiger partial charge in [-0.1, -0.05) is 152 Å². The zero-order chi connectivity index (χ0) is 35.1. The third-order valence-corrected chi connectivity index (χ3v) is 10.2. The Labute approximate surface area is 307 Å². The van der Waals surface area contributed by atoms with Gasteiger partial charge in [-0.3, -0.25) is 0 Å². The maximum absolute atomic E-state index is 6.46. The molecule has 0 amide bonds. The summed E-state index contributed by atoms with van der Waals surface area (Å²) in [6.07, 6.45) is 9.85. The first kappa shape index (κ1) is 30.9. The molecule has 4 nitrogen and oxygen atoms in total. The molecule has 0 bridgehead atoms. The number of furan rings is 1. The molecule has 4 heteroatoms. The van der Waals surface area contributed by atoms with Crippen LogP contribution in [0.25, 0.3) is 89.1 Å². The Morgan fingerprint density at radius 1 is 0.453 bits per heavy atom. The van der Waals surface area contributed by atoms with Gasteiger partial charge in [0, 0.05) is 33.4 Å². The van der Waals surface area contributed by atoms with Gasteiger partial charge in [0.1, 0.15) is 11.2 Å². The van der Waals surface area contributed by atoms with Crippen LogP contribution in [-0.4, -0.2) is 15.0 Å². The van der Waals surface area contributed by atoms with Crippen molar-refractivity contribution < 1.29 is 4.42 Å². The Bertz CT molecular complexity index is 2870. The number of hydrogen-bond donors (Lipinski definition) is 0. The molecule has 0 radical (unpaired) electrons. The minimum absolute atomic E-state index is 0.429. The van der Waals surface area contributed by atoms with Crippen molar-refractivity contribution >= 4 is 32.7 Å². The lowest BCUT2D eigenvalue weighted by Gasteiger charge is -2.14. The summed E-state index contributed by atoms with van der Waals surface area (Å²) >= 11 is 0. The van der Waals surface area contributed by atoms with Crippen molar-refractivity contribution in [1.29, 1.82) is 0 Å². The first-order valence-electron chi connectivity index (χ1n) is 18.0. The monoisotopic (exact) mass is 679 g/mol. The van der Waals surface area contributed by atoms with Gasteiger partial charge in [-0.25, -0.2) is 15.0 Å². The van der Waals surface area contributed by atoms with Gasteiger partial charge in [0.25, 0.3) is 0 Å². The Hall–Kier alpha value is -6.91. The third-order valence-electron chi connectivity index (χ3n) is 10.2. The highest BCUT2D eigenvalue weighted by Gasteiger charge is 2.19. The maximum atomic E-state index is 6.46. The average Bonchev–Trinajstić information content (AvgIpc) is 3.62. The highest BCUT2D eigenvalue weighted by Crippen LogP contribution is 2.39. The molecule has 1 aliphatic rings.